The van der Waals surface area contributed by atoms with E-state index in [1.807, 2.05) is 0 Å². The van der Waals surface area contributed by atoms with Gasteiger partial charge in [-0.1, -0.05) is 18.2 Å². The number of carboxylic acid groups (broad SMARTS) is 1. The van der Waals surface area contributed by atoms with Gasteiger partial charge in [-0.3, -0.25) is 0 Å². The fourth-order valence-electron chi connectivity index (χ4n) is 3.28. The molecule has 0 saturated carbocycles. The van der Waals surface area contributed by atoms with Crippen molar-refractivity contribution in [3.05, 3.63) is 29.8 Å². The number of anilines is 1. The van der Waals surface area contributed by atoms with Crippen molar-refractivity contribution in [3.63, 3.8) is 0 Å². The SMILES string of the molecule is CN(C(=O)O)C1CCN(c2ccccc2C2CNC2)CC1. The number of piperidine rings is 1. The van der Waals surface area contributed by atoms with Gasteiger partial charge in [-0.25, -0.2) is 4.79 Å². The lowest BCUT2D eigenvalue weighted by Crippen LogP contribution is -2.46. The first-order chi connectivity index (χ1) is 10.2. The van der Waals surface area contributed by atoms with Gasteiger partial charge in [-0.05, 0) is 24.5 Å². The maximum atomic E-state index is 11.0. The molecule has 1 amide bonds. The molecular weight excluding hydrogens is 266 g/mol. The van der Waals surface area contributed by atoms with Crippen LogP contribution in [0.15, 0.2) is 24.3 Å². The van der Waals surface area contributed by atoms with Gasteiger partial charge in [0.05, 0.1) is 0 Å². The van der Waals surface area contributed by atoms with E-state index in [-0.39, 0.29) is 6.04 Å². The van der Waals surface area contributed by atoms with Crippen LogP contribution in [0.3, 0.4) is 0 Å². The maximum absolute atomic E-state index is 11.0. The monoisotopic (exact) mass is 289 g/mol. The number of amides is 1. The molecule has 21 heavy (non-hydrogen) atoms. The smallest absolute Gasteiger partial charge is 0.407 e. The number of carbonyl (C=O) groups is 1. The summed E-state index contributed by atoms with van der Waals surface area (Å²) in [6, 6.07) is 8.80. The standard InChI is InChI=1S/C16H23N3O2/c1-18(16(20)21)13-6-8-19(9-7-13)15-5-3-2-4-14(15)12-10-17-11-12/h2-5,12-13,17H,6-11H2,1H3,(H,20,21). The Kier molecular flexibility index (Phi) is 4.01. The summed E-state index contributed by atoms with van der Waals surface area (Å²) in [6.07, 6.45) is 0.981. The molecule has 0 atom stereocenters. The van der Waals surface area contributed by atoms with Crippen molar-refractivity contribution >= 4 is 11.8 Å². The summed E-state index contributed by atoms with van der Waals surface area (Å²) in [5, 5.41) is 12.4. The predicted octanol–water partition coefficient (Wildman–Crippen LogP) is 1.95. The molecule has 1 aromatic rings. The lowest BCUT2D eigenvalue weighted by molar-refractivity contribution is 0.131. The van der Waals surface area contributed by atoms with Gasteiger partial charge in [-0.15, -0.1) is 0 Å². The molecule has 5 heteroatoms. The molecule has 0 unspecified atom stereocenters. The molecule has 5 nitrogen and oxygen atoms in total. The molecule has 0 spiro atoms. The number of nitrogens with one attached hydrogen (secondary N) is 1. The average molecular weight is 289 g/mol. The van der Waals surface area contributed by atoms with Crippen molar-refractivity contribution in [2.75, 3.05) is 38.1 Å². The molecule has 0 bridgehead atoms. The Labute approximate surface area is 125 Å². The molecule has 2 aliphatic heterocycles. The molecule has 2 saturated heterocycles. The van der Waals surface area contributed by atoms with Gasteiger partial charge >= 0.3 is 6.09 Å². The van der Waals surface area contributed by atoms with Gasteiger partial charge in [0.25, 0.3) is 0 Å². The topological polar surface area (TPSA) is 55.8 Å². The molecule has 0 aromatic heterocycles. The molecule has 0 radical (unpaired) electrons. The van der Waals surface area contributed by atoms with E-state index in [1.54, 1.807) is 7.05 Å². The van der Waals surface area contributed by atoms with Crippen LogP contribution in [0.5, 0.6) is 0 Å². The van der Waals surface area contributed by atoms with Crippen molar-refractivity contribution in [2.45, 2.75) is 24.8 Å². The molecule has 2 fully saturated rings. The van der Waals surface area contributed by atoms with Crippen LogP contribution in [-0.4, -0.2) is 55.4 Å². The second-order valence-corrected chi connectivity index (χ2v) is 6.03. The third-order valence-corrected chi connectivity index (χ3v) is 4.81. The summed E-state index contributed by atoms with van der Waals surface area (Å²) in [5.74, 6) is 0.626. The Hall–Kier alpha value is -1.75. The Balaban J connectivity index is 1.68. The molecular formula is C16H23N3O2. The molecule has 3 rings (SSSR count). The van der Waals surface area contributed by atoms with E-state index in [0.717, 1.165) is 39.0 Å². The van der Waals surface area contributed by atoms with Crippen LogP contribution in [0.1, 0.15) is 24.3 Å². The molecule has 2 aliphatic rings. The van der Waals surface area contributed by atoms with Crippen LogP contribution < -0.4 is 10.2 Å². The van der Waals surface area contributed by atoms with Crippen molar-refractivity contribution < 1.29 is 9.90 Å². The van der Waals surface area contributed by atoms with Gasteiger partial charge in [0.1, 0.15) is 0 Å². The molecule has 2 N–H and O–H groups in total. The summed E-state index contributed by atoms with van der Waals surface area (Å²) in [6.45, 7) is 3.99. The number of hydrogen-bond donors (Lipinski definition) is 2. The van der Waals surface area contributed by atoms with Crippen LogP contribution in [0.2, 0.25) is 0 Å². The third kappa shape index (κ3) is 2.83. The zero-order chi connectivity index (χ0) is 14.8. The number of para-hydroxylation sites is 1. The maximum Gasteiger partial charge on any atom is 0.407 e. The zero-order valence-electron chi connectivity index (χ0n) is 12.5. The van der Waals surface area contributed by atoms with Gasteiger partial charge in [0.2, 0.25) is 0 Å². The summed E-state index contributed by atoms with van der Waals surface area (Å²) < 4.78 is 0. The van der Waals surface area contributed by atoms with Crippen LogP contribution in [-0.2, 0) is 0 Å². The van der Waals surface area contributed by atoms with E-state index in [0.29, 0.717) is 5.92 Å². The quantitative estimate of drug-likeness (QED) is 0.893. The highest BCUT2D eigenvalue weighted by Gasteiger charge is 2.28. The van der Waals surface area contributed by atoms with E-state index in [2.05, 4.69) is 34.5 Å². The Morgan fingerprint density at radius 3 is 2.52 bits per heavy atom. The Bertz CT molecular complexity index is 508. The van der Waals surface area contributed by atoms with Crippen LogP contribution in [0.25, 0.3) is 0 Å². The highest BCUT2D eigenvalue weighted by molar-refractivity contribution is 5.65. The second-order valence-electron chi connectivity index (χ2n) is 6.03. The summed E-state index contributed by atoms with van der Waals surface area (Å²) >= 11 is 0. The van der Waals surface area contributed by atoms with Crippen LogP contribution in [0, 0.1) is 0 Å². The first kappa shape index (κ1) is 14.2. The lowest BCUT2D eigenvalue weighted by atomic mass is 9.91. The van der Waals surface area contributed by atoms with E-state index >= 15 is 0 Å². The summed E-state index contributed by atoms with van der Waals surface area (Å²) in [4.78, 5) is 14.9. The van der Waals surface area contributed by atoms with E-state index in [1.165, 1.54) is 16.2 Å². The minimum absolute atomic E-state index is 0.149. The predicted molar refractivity (Wildman–Crippen MR) is 83.1 cm³/mol. The molecule has 1 aromatic carbocycles. The highest BCUT2D eigenvalue weighted by Crippen LogP contribution is 2.32. The van der Waals surface area contributed by atoms with Crippen molar-refractivity contribution in [2.24, 2.45) is 0 Å². The average Bonchev–Trinajstić information content (AvgIpc) is 2.45. The Morgan fingerprint density at radius 1 is 1.29 bits per heavy atom. The van der Waals surface area contributed by atoms with Crippen molar-refractivity contribution in [1.82, 2.24) is 10.2 Å². The third-order valence-electron chi connectivity index (χ3n) is 4.81. The summed E-state index contributed by atoms with van der Waals surface area (Å²) in [5.41, 5.74) is 2.77. The number of benzene rings is 1. The van der Waals surface area contributed by atoms with Gasteiger partial charge in [0.15, 0.2) is 0 Å². The molecule has 0 aliphatic carbocycles. The number of nitrogens with zero attached hydrogens (tertiary/aromatic N) is 2. The van der Waals surface area contributed by atoms with Gasteiger partial charge in [0, 0.05) is 50.9 Å². The number of hydrogen-bond acceptors (Lipinski definition) is 3. The fourth-order valence-corrected chi connectivity index (χ4v) is 3.28. The first-order valence-corrected chi connectivity index (χ1v) is 7.67. The largest absolute Gasteiger partial charge is 0.465 e. The van der Waals surface area contributed by atoms with Gasteiger partial charge in [-0.2, -0.15) is 0 Å². The Morgan fingerprint density at radius 2 is 1.95 bits per heavy atom. The molecule has 114 valence electrons. The number of rotatable bonds is 3. The van der Waals surface area contributed by atoms with Gasteiger partial charge < -0.3 is 20.2 Å². The van der Waals surface area contributed by atoms with Crippen molar-refractivity contribution in [3.8, 4) is 0 Å². The highest BCUT2D eigenvalue weighted by atomic mass is 16.4. The summed E-state index contributed by atoms with van der Waals surface area (Å²) in [7, 11) is 1.68. The molecule has 2 heterocycles. The lowest BCUT2D eigenvalue weighted by Gasteiger charge is -2.39. The second kappa shape index (κ2) is 5.93. The van der Waals surface area contributed by atoms with Crippen LogP contribution >= 0.6 is 0 Å². The first-order valence-electron chi connectivity index (χ1n) is 7.67. The zero-order valence-corrected chi connectivity index (χ0v) is 12.5. The van der Waals surface area contributed by atoms with E-state index < -0.39 is 6.09 Å². The normalized spacial score (nSPS) is 20.1. The van der Waals surface area contributed by atoms with E-state index in [4.69, 9.17) is 5.11 Å². The minimum Gasteiger partial charge on any atom is -0.465 e. The van der Waals surface area contributed by atoms with Crippen LogP contribution in [0.4, 0.5) is 10.5 Å². The fraction of sp³-hybridized carbons (Fsp3) is 0.562. The van der Waals surface area contributed by atoms with E-state index in [9.17, 15) is 4.79 Å². The van der Waals surface area contributed by atoms with Crippen molar-refractivity contribution in [1.29, 1.82) is 0 Å². The minimum atomic E-state index is -0.825.